The van der Waals surface area contributed by atoms with Gasteiger partial charge in [-0.1, -0.05) is 0 Å². The van der Waals surface area contributed by atoms with Gasteiger partial charge >= 0.3 is 0 Å². The first-order chi connectivity index (χ1) is 6.47. The quantitative estimate of drug-likeness (QED) is 0.790. The van der Waals surface area contributed by atoms with Gasteiger partial charge in [-0.05, 0) is 70.3 Å². The van der Waals surface area contributed by atoms with Gasteiger partial charge in [0.15, 0.2) is 0 Å². The van der Waals surface area contributed by atoms with Crippen LogP contribution in [0.25, 0.3) is 0 Å². The number of primary sulfonamides is 1. The van der Waals surface area contributed by atoms with Crippen LogP contribution in [0.4, 0.5) is 0 Å². The molecular weight excluding hydrogens is 313 g/mol. The van der Waals surface area contributed by atoms with Crippen LogP contribution in [0.15, 0.2) is 9.15 Å². The minimum atomic E-state index is -3.39. The Bertz CT molecular complexity index is 382. The van der Waals surface area contributed by atoms with Crippen LogP contribution in [0.3, 0.4) is 0 Å². The van der Waals surface area contributed by atoms with Crippen molar-refractivity contribution in [2.45, 2.75) is 43.3 Å². The van der Waals surface area contributed by atoms with Crippen LogP contribution in [-0.2, 0) is 10.0 Å². The average Bonchev–Trinajstić information content (AvgIpc) is 2.84. The van der Waals surface area contributed by atoms with Crippen molar-refractivity contribution in [1.29, 1.82) is 0 Å². The number of nitrogens with two attached hydrogens (primary N) is 1. The molecule has 0 amide bonds. The molecule has 0 aromatic heterocycles. The van der Waals surface area contributed by atoms with E-state index in [1.54, 1.807) is 0 Å². The predicted molar refractivity (Wildman–Crippen MR) is 64.6 cm³/mol. The van der Waals surface area contributed by atoms with Crippen LogP contribution in [0.2, 0.25) is 0 Å². The van der Waals surface area contributed by atoms with Crippen LogP contribution in [-0.4, -0.2) is 13.2 Å². The Morgan fingerprint density at radius 3 is 2.21 bits per heavy atom. The third kappa shape index (κ3) is 1.63. The molecule has 1 saturated carbocycles. The van der Waals surface area contributed by atoms with Gasteiger partial charge < -0.3 is 0 Å². The number of sulfonamides is 1. The molecule has 14 heavy (non-hydrogen) atoms. The molecule has 2 N–H and O–H groups in total. The van der Waals surface area contributed by atoms with Gasteiger partial charge in [-0.2, -0.15) is 0 Å². The van der Waals surface area contributed by atoms with Gasteiger partial charge in [0.2, 0.25) is 10.0 Å². The van der Waals surface area contributed by atoms with Crippen molar-refractivity contribution in [3.63, 3.8) is 0 Å². The summed E-state index contributed by atoms with van der Waals surface area (Å²) in [7, 11) is -3.39. The molecule has 0 aliphatic heterocycles. The van der Waals surface area contributed by atoms with Crippen molar-refractivity contribution < 1.29 is 8.42 Å². The van der Waals surface area contributed by atoms with Crippen LogP contribution < -0.4 is 5.14 Å². The predicted octanol–water partition coefficient (Wildman–Crippen LogP) is 2.07. The molecule has 0 saturated heterocycles. The summed E-state index contributed by atoms with van der Waals surface area (Å²) >= 11 is 2.28. The molecule has 3 nitrogen and oxygen atoms in total. The molecule has 0 aromatic rings. The van der Waals surface area contributed by atoms with Gasteiger partial charge in [0.05, 0.1) is 0 Å². The van der Waals surface area contributed by atoms with Gasteiger partial charge in [-0.3, -0.25) is 0 Å². The van der Waals surface area contributed by atoms with Gasteiger partial charge in [-0.25, -0.2) is 13.6 Å². The minimum absolute atomic E-state index is 0.649. The van der Waals surface area contributed by atoms with Gasteiger partial charge in [0.1, 0.15) is 4.75 Å². The van der Waals surface area contributed by atoms with E-state index in [4.69, 9.17) is 5.14 Å². The van der Waals surface area contributed by atoms with Crippen molar-refractivity contribution >= 4 is 32.6 Å². The second kappa shape index (κ2) is 3.45. The normalized spacial score (nSPS) is 26.4. The number of allylic oxidation sites excluding steroid dienone is 1. The summed E-state index contributed by atoms with van der Waals surface area (Å²) in [6, 6.07) is 0. The smallest absolute Gasteiger partial charge is 0.218 e. The average molecular weight is 327 g/mol. The lowest BCUT2D eigenvalue weighted by molar-refractivity contribution is 0.578. The lowest BCUT2D eigenvalue weighted by Gasteiger charge is -2.23. The zero-order valence-electron chi connectivity index (χ0n) is 7.92. The van der Waals surface area contributed by atoms with E-state index in [1.807, 2.05) is 0 Å². The third-order valence-electron chi connectivity index (χ3n) is 3.20. The lowest BCUT2D eigenvalue weighted by atomic mass is 9.96. The first-order valence-electron chi connectivity index (χ1n) is 4.88. The fraction of sp³-hybridized carbons (Fsp3) is 0.778. The van der Waals surface area contributed by atoms with Crippen molar-refractivity contribution in [3.8, 4) is 0 Å². The van der Waals surface area contributed by atoms with E-state index in [9.17, 15) is 8.42 Å². The minimum Gasteiger partial charge on any atom is -0.228 e. The monoisotopic (exact) mass is 327 g/mol. The Kier molecular flexibility index (Phi) is 2.68. The molecule has 0 heterocycles. The Hall–Kier alpha value is 0.380. The van der Waals surface area contributed by atoms with Crippen molar-refractivity contribution in [2.24, 2.45) is 5.14 Å². The zero-order valence-corrected chi connectivity index (χ0v) is 10.9. The van der Waals surface area contributed by atoms with Crippen LogP contribution in [0.1, 0.15) is 38.5 Å². The Labute approximate surface area is 98.3 Å². The Balaban J connectivity index is 2.40. The first-order valence-corrected chi connectivity index (χ1v) is 7.50. The summed E-state index contributed by atoms with van der Waals surface area (Å²) in [6.45, 7) is 0. The van der Waals surface area contributed by atoms with Crippen molar-refractivity contribution in [2.75, 3.05) is 0 Å². The number of rotatable bonds is 2. The van der Waals surface area contributed by atoms with Gasteiger partial charge in [0.25, 0.3) is 0 Å². The summed E-state index contributed by atoms with van der Waals surface area (Å²) in [5, 5.41) is 5.30. The summed E-state index contributed by atoms with van der Waals surface area (Å²) in [5.41, 5.74) is 1.12. The highest BCUT2D eigenvalue weighted by Gasteiger charge is 2.56. The van der Waals surface area contributed by atoms with Crippen LogP contribution in [0.5, 0.6) is 0 Å². The highest BCUT2D eigenvalue weighted by Crippen LogP contribution is 2.53. The fourth-order valence-corrected chi connectivity index (χ4v) is 4.81. The molecule has 80 valence electrons. The number of halogens is 1. The number of hydrogen-bond donors (Lipinski definition) is 1. The molecule has 0 bridgehead atoms. The van der Waals surface area contributed by atoms with E-state index < -0.39 is 14.8 Å². The molecule has 2 aliphatic carbocycles. The molecule has 0 radical (unpaired) electrons. The Morgan fingerprint density at radius 2 is 1.79 bits per heavy atom. The molecule has 0 spiro atoms. The molecular formula is C9H14INO2S. The van der Waals surface area contributed by atoms with E-state index in [0.717, 1.165) is 37.7 Å². The van der Waals surface area contributed by atoms with Crippen LogP contribution in [0, 0.1) is 0 Å². The maximum Gasteiger partial charge on any atom is 0.218 e. The highest BCUT2D eigenvalue weighted by atomic mass is 127. The maximum atomic E-state index is 11.5. The van der Waals surface area contributed by atoms with Crippen molar-refractivity contribution in [3.05, 3.63) is 9.15 Å². The van der Waals surface area contributed by atoms with Gasteiger partial charge in [0, 0.05) is 0 Å². The summed E-state index contributed by atoms with van der Waals surface area (Å²) in [6.07, 6.45) is 5.71. The molecule has 0 atom stereocenters. The summed E-state index contributed by atoms with van der Waals surface area (Å²) < 4.78 is 23.6. The molecule has 1 fully saturated rings. The second-order valence-corrected chi connectivity index (χ2v) is 7.30. The van der Waals surface area contributed by atoms with Crippen LogP contribution >= 0.6 is 22.6 Å². The Morgan fingerprint density at radius 1 is 1.21 bits per heavy atom. The molecule has 0 unspecified atom stereocenters. The molecule has 2 aliphatic rings. The molecule has 5 heteroatoms. The highest BCUT2D eigenvalue weighted by molar-refractivity contribution is 14.1. The topological polar surface area (TPSA) is 60.2 Å². The number of hydrogen-bond acceptors (Lipinski definition) is 2. The SMILES string of the molecule is NS(=O)(=O)C1(C2=C(I)CCCC2)CC1. The standard InChI is InChI=1S/C9H14INO2S/c10-8-4-2-1-3-7(8)9(5-6-9)14(11,12)13/h1-6H2,(H2,11,12,13). The summed E-state index contributed by atoms with van der Waals surface area (Å²) in [5.74, 6) is 0. The third-order valence-corrected chi connectivity index (χ3v) is 6.13. The first kappa shape index (κ1) is 10.9. The summed E-state index contributed by atoms with van der Waals surface area (Å²) in [4.78, 5) is 0. The zero-order chi connectivity index (χ0) is 10.4. The van der Waals surface area contributed by atoms with Gasteiger partial charge in [-0.15, -0.1) is 0 Å². The molecule has 2 rings (SSSR count). The molecule has 0 aromatic carbocycles. The van der Waals surface area contributed by atoms with E-state index in [0.29, 0.717) is 0 Å². The van der Waals surface area contributed by atoms with Crippen molar-refractivity contribution in [1.82, 2.24) is 0 Å². The van der Waals surface area contributed by atoms with E-state index in [-0.39, 0.29) is 0 Å². The lowest BCUT2D eigenvalue weighted by Crippen LogP contribution is -2.33. The second-order valence-electron chi connectivity index (χ2n) is 4.13. The largest absolute Gasteiger partial charge is 0.228 e. The fourth-order valence-electron chi connectivity index (χ4n) is 2.22. The van der Waals surface area contributed by atoms with E-state index in [1.165, 1.54) is 10.0 Å². The maximum absolute atomic E-state index is 11.5. The van der Waals surface area contributed by atoms with E-state index >= 15 is 0 Å². The van der Waals surface area contributed by atoms with E-state index in [2.05, 4.69) is 22.6 Å².